The highest BCUT2D eigenvalue weighted by molar-refractivity contribution is 6.30. The molecule has 7 heteroatoms. The molecule has 2 amide bonds. The van der Waals surface area contributed by atoms with E-state index in [0.717, 1.165) is 12.8 Å². The van der Waals surface area contributed by atoms with E-state index in [1.165, 1.54) is 0 Å². The lowest BCUT2D eigenvalue weighted by atomic mass is 9.96. The minimum atomic E-state index is -0.824. The van der Waals surface area contributed by atoms with Gasteiger partial charge >= 0.3 is 5.97 Å². The van der Waals surface area contributed by atoms with Crippen molar-refractivity contribution in [3.63, 3.8) is 0 Å². The zero-order valence-electron chi connectivity index (χ0n) is 14.0. The van der Waals surface area contributed by atoms with Gasteiger partial charge in [-0.3, -0.25) is 14.4 Å². The SMILES string of the molecule is O=C(O)CCCCNC(=O)C1CCCN(C(=O)c2ccc(Cl)cc2)C1. The minimum absolute atomic E-state index is 0.0658. The first-order valence-corrected chi connectivity index (χ1v) is 8.89. The molecule has 0 aliphatic carbocycles. The van der Waals surface area contributed by atoms with Gasteiger partial charge < -0.3 is 15.3 Å². The first-order chi connectivity index (χ1) is 12.0. The number of nitrogens with zero attached hydrogens (tertiary/aromatic N) is 1. The molecule has 0 spiro atoms. The van der Waals surface area contributed by atoms with Crippen molar-refractivity contribution in [2.75, 3.05) is 19.6 Å². The number of carbonyl (C=O) groups is 3. The van der Waals surface area contributed by atoms with Crippen molar-refractivity contribution in [3.05, 3.63) is 34.9 Å². The zero-order chi connectivity index (χ0) is 18.2. The lowest BCUT2D eigenvalue weighted by molar-refractivity contribution is -0.137. The highest BCUT2D eigenvalue weighted by atomic mass is 35.5. The average molecular weight is 367 g/mol. The summed E-state index contributed by atoms with van der Waals surface area (Å²) in [6.07, 6.45) is 2.84. The topological polar surface area (TPSA) is 86.7 Å². The second-order valence-corrected chi connectivity index (χ2v) is 6.68. The molecule has 1 aromatic carbocycles. The summed E-state index contributed by atoms with van der Waals surface area (Å²) in [6, 6.07) is 6.74. The highest BCUT2D eigenvalue weighted by Crippen LogP contribution is 2.20. The first-order valence-electron chi connectivity index (χ1n) is 8.51. The molecule has 1 heterocycles. The van der Waals surface area contributed by atoms with Crippen LogP contribution in [-0.4, -0.2) is 47.4 Å². The molecule has 0 bridgehead atoms. The van der Waals surface area contributed by atoms with E-state index < -0.39 is 5.97 Å². The molecule has 136 valence electrons. The molecule has 1 aliphatic heterocycles. The number of carbonyl (C=O) groups excluding carboxylic acids is 2. The zero-order valence-corrected chi connectivity index (χ0v) is 14.8. The maximum absolute atomic E-state index is 12.5. The number of benzene rings is 1. The fourth-order valence-electron chi connectivity index (χ4n) is 2.91. The van der Waals surface area contributed by atoms with Crippen LogP contribution in [0.1, 0.15) is 42.5 Å². The number of likely N-dealkylation sites (tertiary alicyclic amines) is 1. The Labute approximate surface area is 152 Å². The molecule has 0 saturated carbocycles. The molecule has 6 nitrogen and oxygen atoms in total. The van der Waals surface area contributed by atoms with Crippen LogP contribution < -0.4 is 5.32 Å². The number of rotatable bonds is 7. The maximum atomic E-state index is 12.5. The number of aliphatic carboxylic acids is 1. The molecule has 1 aromatic rings. The lowest BCUT2D eigenvalue weighted by Gasteiger charge is -2.32. The van der Waals surface area contributed by atoms with Crippen LogP contribution >= 0.6 is 11.6 Å². The molecule has 1 fully saturated rings. The Kier molecular flexibility index (Phi) is 7.25. The van der Waals surface area contributed by atoms with Crippen molar-refractivity contribution in [2.45, 2.75) is 32.1 Å². The summed E-state index contributed by atoms with van der Waals surface area (Å²) in [5.41, 5.74) is 0.569. The second-order valence-electron chi connectivity index (χ2n) is 6.24. The molecular formula is C18H23ClN2O4. The molecule has 1 aliphatic rings. The summed E-state index contributed by atoms with van der Waals surface area (Å²) in [7, 11) is 0. The van der Waals surface area contributed by atoms with Crippen LogP contribution in [-0.2, 0) is 9.59 Å². The third kappa shape index (κ3) is 6.05. The molecule has 1 atom stereocenters. The summed E-state index contributed by atoms with van der Waals surface area (Å²) < 4.78 is 0. The molecule has 1 saturated heterocycles. The van der Waals surface area contributed by atoms with Crippen molar-refractivity contribution in [1.29, 1.82) is 0 Å². The van der Waals surface area contributed by atoms with Gasteiger partial charge in [0.1, 0.15) is 0 Å². The van der Waals surface area contributed by atoms with Gasteiger partial charge in [-0.2, -0.15) is 0 Å². The highest BCUT2D eigenvalue weighted by Gasteiger charge is 2.28. The fourth-order valence-corrected chi connectivity index (χ4v) is 3.03. The number of carboxylic acids is 1. The van der Waals surface area contributed by atoms with Crippen LogP contribution in [0, 0.1) is 5.92 Å². The molecular weight excluding hydrogens is 344 g/mol. The fraction of sp³-hybridized carbons (Fsp3) is 0.500. The van der Waals surface area contributed by atoms with Gasteiger partial charge in [-0.15, -0.1) is 0 Å². The van der Waals surface area contributed by atoms with Gasteiger partial charge in [-0.05, 0) is 49.9 Å². The standard InChI is InChI=1S/C18H23ClN2O4/c19-15-8-6-13(7-9-15)18(25)21-11-3-4-14(12-21)17(24)20-10-2-1-5-16(22)23/h6-9,14H,1-5,10-12H2,(H,20,24)(H,22,23). The van der Waals surface area contributed by atoms with E-state index in [0.29, 0.717) is 43.1 Å². The summed E-state index contributed by atoms with van der Waals surface area (Å²) in [6.45, 7) is 1.51. The van der Waals surface area contributed by atoms with Crippen molar-refractivity contribution >= 4 is 29.4 Å². The number of piperidine rings is 1. The van der Waals surface area contributed by atoms with Crippen LogP contribution in [0.3, 0.4) is 0 Å². The molecule has 1 unspecified atom stereocenters. The predicted octanol–water partition coefficient (Wildman–Crippen LogP) is 2.56. The molecule has 0 aromatic heterocycles. The number of halogens is 1. The number of hydrogen-bond acceptors (Lipinski definition) is 3. The van der Waals surface area contributed by atoms with E-state index in [1.54, 1.807) is 29.2 Å². The Morgan fingerprint density at radius 3 is 2.60 bits per heavy atom. The van der Waals surface area contributed by atoms with E-state index >= 15 is 0 Å². The lowest BCUT2D eigenvalue weighted by Crippen LogP contribution is -2.45. The van der Waals surface area contributed by atoms with Crippen LogP contribution in [0.2, 0.25) is 5.02 Å². The number of nitrogens with one attached hydrogen (secondary N) is 1. The van der Waals surface area contributed by atoms with Gasteiger partial charge in [0.25, 0.3) is 5.91 Å². The van der Waals surface area contributed by atoms with Gasteiger partial charge in [0, 0.05) is 36.6 Å². The number of unbranched alkanes of at least 4 members (excludes halogenated alkanes) is 1. The van der Waals surface area contributed by atoms with Crippen molar-refractivity contribution in [1.82, 2.24) is 10.2 Å². The summed E-state index contributed by atoms with van der Waals surface area (Å²) in [4.78, 5) is 37.0. The monoisotopic (exact) mass is 366 g/mol. The van der Waals surface area contributed by atoms with Gasteiger partial charge in [0.05, 0.1) is 5.92 Å². The van der Waals surface area contributed by atoms with E-state index in [1.807, 2.05) is 0 Å². The molecule has 2 rings (SSSR count). The Balaban J connectivity index is 1.81. The van der Waals surface area contributed by atoms with Crippen molar-refractivity contribution < 1.29 is 19.5 Å². The normalized spacial score (nSPS) is 17.2. The Hall–Kier alpha value is -2.08. The van der Waals surface area contributed by atoms with Crippen molar-refractivity contribution in [2.24, 2.45) is 5.92 Å². The number of amides is 2. The van der Waals surface area contributed by atoms with Crippen LogP contribution in [0.15, 0.2) is 24.3 Å². The maximum Gasteiger partial charge on any atom is 0.303 e. The van der Waals surface area contributed by atoms with Gasteiger partial charge in [-0.25, -0.2) is 0 Å². The minimum Gasteiger partial charge on any atom is -0.481 e. The number of hydrogen-bond donors (Lipinski definition) is 2. The van der Waals surface area contributed by atoms with Crippen LogP contribution in [0.5, 0.6) is 0 Å². The third-order valence-electron chi connectivity index (χ3n) is 4.29. The van der Waals surface area contributed by atoms with Gasteiger partial charge in [0.2, 0.25) is 5.91 Å². The van der Waals surface area contributed by atoms with Crippen LogP contribution in [0.4, 0.5) is 0 Å². The molecule has 25 heavy (non-hydrogen) atoms. The largest absolute Gasteiger partial charge is 0.481 e. The smallest absolute Gasteiger partial charge is 0.303 e. The molecule has 2 N–H and O–H groups in total. The summed E-state index contributed by atoms with van der Waals surface area (Å²) in [5.74, 6) is -1.20. The predicted molar refractivity (Wildman–Crippen MR) is 94.6 cm³/mol. The second kappa shape index (κ2) is 9.42. The van der Waals surface area contributed by atoms with Gasteiger partial charge in [0.15, 0.2) is 0 Å². The number of carboxylic acid groups (broad SMARTS) is 1. The molecule has 0 radical (unpaired) electrons. The van der Waals surface area contributed by atoms with Crippen molar-refractivity contribution in [3.8, 4) is 0 Å². The Morgan fingerprint density at radius 2 is 1.92 bits per heavy atom. The Morgan fingerprint density at radius 1 is 1.20 bits per heavy atom. The summed E-state index contributed by atoms with van der Waals surface area (Å²) in [5, 5.41) is 12.0. The van der Waals surface area contributed by atoms with E-state index in [9.17, 15) is 14.4 Å². The summed E-state index contributed by atoms with van der Waals surface area (Å²) >= 11 is 5.84. The van der Waals surface area contributed by atoms with Gasteiger partial charge in [-0.1, -0.05) is 11.6 Å². The Bertz CT molecular complexity index is 618. The average Bonchev–Trinajstić information content (AvgIpc) is 2.61. The van der Waals surface area contributed by atoms with Crippen LogP contribution in [0.25, 0.3) is 0 Å². The van der Waals surface area contributed by atoms with E-state index in [2.05, 4.69) is 5.32 Å². The first kappa shape index (κ1) is 19.2. The third-order valence-corrected chi connectivity index (χ3v) is 4.54. The quantitative estimate of drug-likeness (QED) is 0.726. The van der Waals surface area contributed by atoms with E-state index in [4.69, 9.17) is 16.7 Å². The van der Waals surface area contributed by atoms with E-state index in [-0.39, 0.29) is 24.2 Å².